The van der Waals surface area contributed by atoms with Gasteiger partial charge in [0.25, 0.3) is 5.91 Å². The van der Waals surface area contributed by atoms with E-state index in [0.717, 1.165) is 16.9 Å². The lowest BCUT2D eigenvalue weighted by molar-refractivity contribution is 0.0936. The van der Waals surface area contributed by atoms with Crippen LogP contribution in [0.3, 0.4) is 0 Å². The summed E-state index contributed by atoms with van der Waals surface area (Å²) in [6, 6.07) is 15.1. The fourth-order valence-corrected chi connectivity index (χ4v) is 3.95. The molecule has 4 rings (SSSR count). The number of carbonyl (C=O) groups excluding carboxylic acids is 1. The van der Waals surface area contributed by atoms with Gasteiger partial charge in [0.15, 0.2) is 0 Å². The van der Waals surface area contributed by atoms with Crippen LogP contribution in [0.25, 0.3) is 22.3 Å². The predicted molar refractivity (Wildman–Crippen MR) is 118 cm³/mol. The molecule has 0 bridgehead atoms. The summed E-state index contributed by atoms with van der Waals surface area (Å²) < 4.78 is 7.48. The Bertz CT molecular complexity index is 1230. The molecule has 1 amide bonds. The summed E-state index contributed by atoms with van der Waals surface area (Å²) in [5.41, 5.74) is 3.41. The lowest BCUT2D eigenvalue weighted by atomic mass is 10.1. The number of carbonyl (C=O) groups is 1. The first-order chi connectivity index (χ1) is 14.4. The van der Waals surface area contributed by atoms with E-state index in [1.807, 2.05) is 49.4 Å². The Balaban J connectivity index is 1.69. The number of aromatic nitrogens is 3. The van der Waals surface area contributed by atoms with Crippen molar-refractivity contribution in [3.05, 3.63) is 70.7 Å². The highest BCUT2D eigenvalue weighted by atomic mass is 35.5. The maximum atomic E-state index is 13.2. The second-order valence-corrected chi connectivity index (χ2v) is 7.97. The molecule has 0 aliphatic carbocycles. The summed E-state index contributed by atoms with van der Waals surface area (Å²) in [5.74, 6) is 0.957. The molecule has 0 saturated carbocycles. The van der Waals surface area contributed by atoms with Crippen LogP contribution in [0.1, 0.15) is 54.8 Å². The molecule has 1 atom stereocenters. The zero-order valence-electron chi connectivity index (χ0n) is 17.3. The molecule has 0 aliphatic heterocycles. The summed E-state index contributed by atoms with van der Waals surface area (Å²) >= 11 is 6.32. The molecule has 0 unspecified atom stereocenters. The predicted octanol–water partition coefficient (Wildman–Crippen LogP) is 5.73. The Kier molecular flexibility index (Phi) is 5.35. The number of para-hydroxylation sites is 2. The summed E-state index contributed by atoms with van der Waals surface area (Å²) in [4.78, 5) is 18.0. The van der Waals surface area contributed by atoms with E-state index in [1.165, 1.54) is 0 Å². The van der Waals surface area contributed by atoms with E-state index in [-0.39, 0.29) is 18.0 Å². The number of amides is 1. The average Bonchev–Trinajstić information content (AvgIpc) is 3.29. The molecule has 154 valence electrons. The molecular weight excluding hydrogens is 400 g/mol. The van der Waals surface area contributed by atoms with Gasteiger partial charge in [0.2, 0.25) is 0 Å². The molecule has 0 saturated heterocycles. The third-order valence-corrected chi connectivity index (χ3v) is 5.42. The van der Waals surface area contributed by atoms with Crippen LogP contribution >= 0.6 is 11.6 Å². The molecule has 2 aromatic carbocycles. The summed E-state index contributed by atoms with van der Waals surface area (Å²) in [6.07, 6.45) is 0. The van der Waals surface area contributed by atoms with E-state index < -0.39 is 0 Å². The van der Waals surface area contributed by atoms with Crippen molar-refractivity contribution < 1.29 is 9.32 Å². The van der Waals surface area contributed by atoms with Crippen molar-refractivity contribution in [3.8, 4) is 11.3 Å². The normalized spacial score (nSPS) is 12.5. The first-order valence-corrected chi connectivity index (χ1v) is 10.2. The maximum absolute atomic E-state index is 13.2. The van der Waals surface area contributed by atoms with Gasteiger partial charge >= 0.3 is 0 Å². The molecule has 2 aromatic heterocycles. The summed E-state index contributed by atoms with van der Waals surface area (Å²) in [7, 11) is 0. The van der Waals surface area contributed by atoms with Crippen LogP contribution in [-0.2, 0) is 0 Å². The van der Waals surface area contributed by atoms with Crippen LogP contribution in [-0.4, -0.2) is 20.6 Å². The number of benzene rings is 2. The Morgan fingerprint density at radius 1 is 1.10 bits per heavy atom. The number of aryl methyl sites for hydroxylation is 1. The van der Waals surface area contributed by atoms with E-state index >= 15 is 0 Å². The van der Waals surface area contributed by atoms with Gasteiger partial charge in [0.1, 0.15) is 22.8 Å². The van der Waals surface area contributed by atoms with Gasteiger partial charge in [0.05, 0.1) is 22.1 Å². The van der Waals surface area contributed by atoms with Crippen LogP contribution in [0.4, 0.5) is 0 Å². The van der Waals surface area contributed by atoms with Gasteiger partial charge in [-0.25, -0.2) is 4.98 Å². The number of fused-ring (bicyclic) bond motifs is 1. The highest BCUT2D eigenvalue weighted by Crippen LogP contribution is 2.31. The summed E-state index contributed by atoms with van der Waals surface area (Å²) in [6.45, 7) is 7.85. The first-order valence-electron chi connectivity index (χ1n) is 9.87. The highest BCUT2D eigenvalue weighted by Gasteiger charge is 2.26. The van der Waals surface area contributed by atoms with E-state index in [2.05, 4.69) is 28.9 Å². The number of imidazole rings is 1. The highest BCUT2D eigenvalue weighted by molar-refractivity contribution is 6.33. The molecule has 7 heteroatoms. The Morgan fingerprint density at radius 3 is 2.53 bits per heavy atom. The standard InChI is InChI=1S/C23H23ClN4O2/c1-13(2)28-19-12-8-7-11-18(19)26-22(28)14(3)25-23(29)20-15(4)30-27-21(20)16-9-5-6-10-17(16)24/h5-14H,1-4H3,(H,25,29)/t14-/m0/s1. The van der Waals surface area contributed by atoms with Crippen molar-refractivity contribution in [2.24, 2.45) is 0 Å². The molecule has 6 nitrogen and oxygen atoms in total. The fraction of sp³-hybridized carbons (Fsp3) is 0.261. The van der Waals surface area contributed by atoms with Gasteiger partial charge in [0, 0.05) is 11.6 Å². The molecule has 0 spiro atoms. The molecule has 4 aromatic rings. The maximum Gasteiger partial charge on any atom is 0.257 e. The third kappa shape index (κ3) is 3.48. The Labute approximate surface area is 179 Å². The van der Waals surface area contributed by atoms with Crippen molar-refractivity contribution in [1.82, 2.24) is 20.0 Å². The summed E-state index contributed by atoms with van der Waals surface area (Å²) in [5, 5.41) is 7.66. The van der Waals surface area contributed by atoms with Gasteiger partial charge in [-0.05, 0) is 45.9 Å². The molecule has 0 fully saturated rings. The quantitative estimate of drug-likeness (QED) is 0.446. The van der Waals surface area contributed by atoms with E-state index in [9.17, 15) is 4.79 Å². The van der Waals surface area contributed by atoms with Crippen molar-refractivity contribution in [3.63, 3.8) is 0 Å². The van der Waals surface area contributed by atoms with Gasteiger partial charge in [-0.1, -0.05) is 47.1 Å². The van der Waals surface area contributed by atoms with E-state index in [0.29, 0.717) is 27.6 Å². The minimum absolute atomic E-state index is 0.197. The molecule has 1 N–H and O–H groups in total. The van der Waals surface area contributed by atoms with Crippen molar-refractivity contribution in [2.75, 3.05) is 0 Å². The van der Waals surface area contributed by atoms with Gasteiger partial charge in [-0.15, -0.1) is 0 Å². The van der Waals surface area contributed by atoms with Crippen LogP contribution in [0, 0.1) is 6.92 Å². The zero-order valence-corrected chi connectivity index (χ0v) is 18.1. The fourth-order valence-electron chi connectivity index (χ4n) is 3.72. The largest absolute Gasteiger partial charge is 0.360 e. The Hall–Kier alpha value is -3.12. The van der Waals surface area contributed by atoms with Gasteiger partial charge < -0.3 is 14.4 Å². The number of nitrogens with one attached hydrogen (secondary N) is 1. The first kappa shape index (κ1) is 20.2. The molecule has 2 heterocycles. The lowest BCUT2D eigenvalue weighted by Gasteiger charge is -2.19. The SMILES string of the molecule is Cc1onc(-c2ccccc2Cl)c1C(=O)N[C@@H](C)c1nc2ccccc2n1C(C)C. The Morgan fingerprint density at radius 2 is 1.80 bits per heavy atom. The van der Waals surface area contributed by atoms with Crippen LogP contribution in [0.5, 0.6) is 0 Å². The molecule has 0 radical (unpaired) electrons. The van der Waals surface area contributed by atoms with Crippen LogP contribution < -0.4 is 5.32 Å². The molecule has 30 heavy (non-hydrogen) atoms. The van der Waals surface area contributed by atoms with Crippen LogP contribution in [0.15, 0.2) is 53.1 Å². The van der Waals surface area contributed by atoms with E-state index in [4.69, 9.17) is 21.1 Å². The number of halogens is 1. The number of rotatable bonds is 5. The van der Waals surface area contributed by atoms with Crippen molar-refractivity contribution >= 4 is 28.5 Å². The number of hydrogen-bond acceptors (Lipinski definition) is 4. The number of nitrogens with zero attached hydrogens (tertiary/aromatic N) is 3. The zero-order chi connectivity index (χ0) is 21.4. The van der Waals surface area contributed by atoms with Crippen molar-refractivity contribution in [1.29, 1.82) is 0 Å². The smallest absolute Gasteiger partial charge is 0.257 e. The van der Waals surface area contributed by atoms with Gasteiger partial charge in [-0.3, -0.25) is 4.79 Å². The monoisotopic (exact) mass is 422 g/mol. The minimum Gasteiger partial charge on any atom is -0.360 e. The molecular formula is C23H23ClN4O2. The van der Waals surface area contributed by atoms with Gasteiger partial charge in [-0.2, -0.15) is 0 Å². The van der Waals surface area contributed by atoms with E-state index in [1.54, 1.807) is 13.0 Å². The second-order valence-electron chi connectivity index (χ2n) is 7.56. The second kappa shape index (κ2) is 7.95. The average molecular weight is 423 g/mol. The number of hydrogen-bond donors (Lipinski definition) is 1. The van der Waals surface area contributed by atoms with Crippen molar-refractivity contribution in [2.45, 2.75) is 39.8 Å². The lowest BCUT2D eigenvalue weighted by Crippen LogP contribution is -2.29. The molecule has 0 aliphatic rings. The minimum atomic E-state index is -0.319. The topological polar surface area (TPSA) is 73.0 Å². The van der Waals surface area contributed by atoms with Crippen LogP contribution in [0.2, 0.25) is 5.02 Å². The third-order valence-electron chi connectivity index (χ3n) is 5.09.